The van der Waals surface area contributed by atoms with Gasteiger partial charge in [0.2, 0.25) is 0 Å². The van der Waals surface area contributed by atoms with Gasteiger partial charge in [-0.15, -0.1) is 0 Å². The topological polar surface area (TPSA) is 35.2 Å². The Morgan fingerprint density at radius 2 is 2.10 bits per heavy atom. The minimum absolute atomic E-state index is 0.117. The molecule has 110 valence electrons. The van der Waals surface area contributed by atoms with Crippen molar-refractivity contribution in [2.24, 2.45) is 11.7 Å². The summed E-state index contributed by atoms with van der Waals surface area (Å²) in [6.07, 6.45) is 6.62. The number of hydrogen-bond acceptors (Lipinski definition) is 2. The van der Waals surface area contributed by atoms with Crippen LogP contribution in [0.4, 0.5) is 4.39 Å². The molecular weight excluding hydrogens is 253 g/mol. The van der Waals surface area contributed by atoms with Gasteiger partial charge in [-0.1, -0.05) is 26.2 Å². The number of nitrogens with two attached hydrogens (primary N) is 1. The lowest BCUT2D eigenvalue weighted by molar-refractivity contribution is 0.198. The molecule has 2 aliphatic rings. The van der Waals surface area contributed by atoms with E-state index in [1.54, 1.807) is 7.11 Å². The number of fused-ring (bicyclic) bond motifs is 4. The Labute approximate surface area is 120 Å². The molecule has 0 heterocycles. The lowest BCUT2D eigenvalue weighted by Gasteiger charge is -2.47. The third-order valence-corrected chi connectivity index (χ3v) is 5.50. The average Bonchev–Trinajstić information content (AvgIpc) is 2.44. The van der Waals surface area contributed by atoms with E-state index in [4.69, 9.17) is 10.5 Å². The van der Waals surface area contributed by atoms with E-state index in [2.05, 4.69) is 6.92 Å². The number of methoxy groups -OCH3 is 1. The van der Waals surface area contributed by atoms with Crippen molar-refractivity contribution in [1.29, 1.82) is 0 Å². The smallest absolute Gasteiger partial charge is 0.130 e. The average molecular weight is 277 g/mol. The first kappa shape index (κ1) is 13.9. The first-order valence-electron chi connectivity index (χ1n) is 7.69. The molecule has 3 unspecified atom stereocenters. The Balaban J connectivity index is 2.15. The van der Waals surface area contributed by atoms with E-state index >= 15 is 0 Å². The van der Waals surface area contributed by atoms with E-state index in [0.29, 0.717) is 11.7 Å². The van der Waals surface area contributed by atoms with Crippen LogP contribution in [0.2, 0.25) is 0 Å². The van der Waals surface area contributed by atoms with Crippen LogP contribution in [0.5, 0.6) is 5.75 Å². The summed E-state index contributed by atoms with van der Waals surface area (Å²) >= 11 is 0. The largest absolute Gasteiger partial charge is 0.497 e. The van der Waals surface area contributed by atoms with Gasteiger partial charge in [0.25, 0.3) is 0 Å². The zero-order valence-electron chi connectivity index (χ0n) is 12.4. The van der Waals surface area contributed by atoms with Gasteiger partial charge >= 0.3 is 0 Å². The quantitative estimate of drug-likeness (QED) is 0.852. The van der Waals surface area contributed by atoms with Gasteiger partial charge in [-0.25, -0.2) is 4.39 Å². The summed E-state index contributed by atoms with van der Waals surface area (Å²) in [5.41, 5.74) is 8.42. The fraction of sp³-hybridized carbons (Fsp3) is 0.647. The Morgan fingerprint density at radius 1 is 1.30 bits per heavy atom. The molecule has 0 amide bonds. The number of rotatable bonds is 1. The van der Waals surface area contributed by atoms with E-state index < -0.39 is 0 Å². The van der Waals surface area contributed by atoms with Gasteiger partial charge in [-0.3, -0.25) is 0 Å². The van der Waals surface area contributed by atoms with Crippen molar-refractivity contribution >= 4 is 0 Å². The molecule has 3 atom stereocenters. The van der Waals surface area contributed by atoms with Crippen molar-refractivity contribution in [3.8, 4) is 5.75 Å². The molecule has 0 aliphatic heterocycles. The van der Waals surface area contributed by atoms with Crippen LogP contribution >= 0.6 is 0 Å². The third kappa shape index (κ3) is 2.03. The van der Waals surface area contributed by atoms with Gasteiger partial charge < -0.3 is 10.5 Å². The van der Waals surface area contributed by atoms with Crippen molar-refractivity contribution < 1.29 is 9.13 Å². The summed E-state index contributed by atoms with van der Waals surface area (Å²) in [4.78, 5) is 0. The van der Waals surface area contributed by atoms with Gasteiger partial charge in [-0.05, 0) is 42.4 Å². The van der Waals surface area contributed by atoms with Gasteiger partial charge in [-0.2, -0.15) is 0 Å². The van der Waals surface area contributed by atoms with Crippen LogP contribution in [-0.2, 0) is 11.8 Å². The van der Waals surface area contributed by atoms with Gasteiger partial charge in [0.15, 0.2) is 0 Å². The highest BCUT2D eigenvalue weighted by molar-refractivity contribution is 5.45. The molecule has 1 saturated carbocycles. The molecule has 0 spiro atoms. The van der Waals surface area contributed by atoms with E-state index in [-0.39, 0.29) is 17.3 Å². The fourth-order valence-electron chi connectivity index (χ4n) is 4.19. The Hall–Kier alpha value is -1.09. The zero-order valence-corrected chi connectivity index (χ0v) is 12.4. The lowest BCUT2D eigenvalue weighted by atomic mass is 9.60. The maximum Gasteiger partial charge on any atom is 0.130 e. The van der Waals surface area contributed by atoms with Gasteiger partial charge in [0, 0.05) is 17.5 Å². The summed E-state index contributed by atoms with van der Waals surface area (Å²) in [6, 6.07) is 3.65. The molecule has 2 bridgehead atoms. The minimum atomic E-state index is -0.122. The van der Waals surface area contributed by atoms with Crippen LogP contribution in [0.3, 0.4) is 0 Å². The van der Waals surface area contributed by atoms with E-state index in [1.807, 2.05) is 6.07 Å². The van der Waals surface area contributed by atoms with E-state index in [9.17, 15) is 4.39 Å². The monoisotopic (exact) mass is 277 g/mol. The van der Waals surface area contributed by atoms with E-state index in [0.717, 1.165) is 30.4 Å². The highest BCUT2D eigenvalue weighted by Gasteiger charge is 2.44. The van der Waals surface area contributed by atoms with Crippen LogP contribution in [-0.4, -0.2) is 13.2 Å². The number of halogens is 1. The first-order chi connectivity index (χ1) is 9.56. The molecule has 2 aliphatic carbocycles. The molecule has 2 N–H and O–H groups in total. The SMILES string of the molecule is COc1cc(F)c2c(c1)C1(C)CCCCCC(C2)C1N. The van der Waals surface area contributed by atoms with Crippen LogP contribution < -0.4 is 10.5 Å². The molecule has 0 radical (unpaired) electrons. The first-order valence-corrected chi connectivity index (χ1v) is 7.69. The minimum Gasteiger partial charge on any atom is -0.497 e. The highest BCUT2D eigenvalue weighted by atomic mass is 19.1. The molecule has 0 saturated heterocycles. The summed E-state index contributed by atoms with van der Waals surface area (Å²) in [5, 5.41) is 0. The molecule has 0 aromatic heterocycles. The molecule has 2 nitrogen and oxygen atoms in total. The standard InChI is InChI=1S/C17H24FNO/c1-17-7-5-3-4-6-11(16(17)19)8-13-14(17)9-12(20-2)10-15(13)18/h9-11,16H,3-8,19H2,1-2H3. The van der Waals surface area contributed by atoms with Crippen LogP contribution in [0, 0.1) is 11.7 Å². The molecule has 3 rings (SSSR count). The van der Waals surface area contributed by atoms with Crippen LogP contribution in [0.25, 0.3) is 0 Å². The highest BCUT2D eigenvalue weighted by Crippen LogP contribution is 2.47. The van der Waals surface area contributed by atoms with Crippen molar-refractivity contribution in [2.75, 3.05) is 7.11 Å². The molecule has 1 aromatic rings. The van der Waals surface area contributed by atoms with Gasteiger partial charge in [0.1, 0.15) is 11.6 Å². The normalized spacial score (nSPS) is 33.0. The summed E-state index contributed by atoms with van der Waals surface area (Å²) in [6.45, 7) is 2.22. The molecular formula is C17H24FNO. The zero-order chi connectivity index (χ0) is 14.3. The van der Waals surface area contributed by atoms with Crippen molar-refractivity contribution in [1.82, 2.24) is 0 Å². The summed E-state index contributed by atoms with van der Waals surface area (Å²) < 4.78 is 19.7. The van der Waals surface area contributed by atoms with Gasteiger partial charge in [0.05, 0.1) is 7.11 Å². The number of hydrogen-bond donors (Lipinski definition) is 1. The molecule has 20 heavy (non-hydrogen) atoms. The Kier molecular flexibility index (Phi) is 3.49. The Morgan fingerprint density at radius 3 is 2.85 bits per heavy atom. The van der Waals surface area contributed by atoms with Crippen LogP contribution in [0.15, 0.2) is 12.1 Å². The van der Waals surface area contributed by atoms with Crippen molar-refractivity contribution in [3.05, 3.63) is 29.1 Å². The summed E-state index contributed by atoms with van der Waals surface area (Å²) in [5.74, 6) is 0.897. The number of ether oxygens (including phenoxy) is 1. The lowest BCUT2D eigenvalue weighted by Crippen LogP contribution is -2.53. The second-order valence-corrected chi connectivity index (χ2v) is 6.64. The van der Waals surface area contributed by atoms with Crippen LogP contribution in [0.1, 0.15) is 50.2 Å². The molecule has 1 aromatic carbocycles. The molecule has 1 fully saturated rings. The number of benzene rings is 1. The second-order valence-electron chi connectivity index (χ2n) is 6.64. The fourth-order valence-corrected chi connectivity index (χ4v) is 4.19. The van der Waals surface area contributed by atoms with Crippen molar-refractivity contribution in [2.45, 2.75) is 56.9 Å². The predicted molar refractivity (Wildman–Crippen MR) is 78.6 cm³/mol. The summed E-state index contributed by atoms with van der Waals surface area (Å²) in [7, 11) is 1.59. The molecule has 3 heteroatoms. The van der Waals surface area contributed by atoms with E-state index in [1.165, 1.54) is 25.3 Å². The Bertz CT molecular complexity index is 516. The van der Waals surface area contributed by atoms with Crippen molar-refractivity contribution in [3.63, 3.8) is 0 Å². The maximum atomic E-state index is 14.4. The second kappa shape index (κ2) is 5.03. The maximum absolute atomic E-state index is 14.4. The third-order valence-electron chi connectivity index (χ3n) is 5.50. The predicted octanol–water partition coefficient (Wildman–Crippen LogP) is 3.56.